The highest BCUT2D eigenvalue weighted by Crippen LogP contribution is 2.20. The standard InChI is InChI=1S/C23H22N4O3/c1-15-20(16(2)27(25-15)18-9-4-3-5-10-18)13-24-21(28)14-26-22(29)12-17-8-6-7-11-19(17)23(26)30/h3-11H,12-14H2,1-2H3,(H,24,28). The molecule has 3 amide bonds. The number of aryl methyl sites for hydroxylation is 1. The molecule has 0 fully saturated rings. The van der Waals surface area contributed by atoms with E-state index in [1.54, 1.807) is 24.3 Å². The minimum absolute atomic E-state index is 0.122. The SMILES string of the molecule is Cc1nn(-c2ccccc2)c(C)c1CNC(=O)CN1C(=O)Cc2ccccc2C1=O. The molecule has 7 heteroatoms. The third-order valence-electron chi connectivity index (χ3n) is 5.34. The van der Waals surface area contributed by atoms with Gasteiger partial charge in [-0.1, -0.05) is 36.4 Å². The van der Waals surface area contributed by atoms with Crippen LogP contribution in [-0.2, 0) is 22.6 Å². The van der Waals surface area contributed by atoms with Gasteiger partial charge < -0.3 is 5.32 Å². The maximum Gasteiger partial charge on any atom is 0.261 e. The number of carbonyl (C=O) groups is 3. The number of amides is 3. The van der Waals surface area contributed by atoms with Crippen molar-refractivity contribution in [2.45, 2.75) is 26.8 Å². The largest absolute Gasteiger partial charge is 0.350 e. The maximum absolute atomic E-state index is 12.6. The number of fused-ring (bicyclic) bond motifs is 1. The predicted octanol–water partition coefficient (Wildman–Crippen LogP) is 2.33. The maximum atomic E-state index is 12.6. The molecule has 7 nitrogen and oxygen atoms in total. The van der Waals surface area contributed by atoms with Gasteiger partial charge in [0.05, 0.1) is 17.8 Å². The molecule has 0 saturated carbocycles. The Hall–Kier alpha value is -3.74. The van der Waals surface area contributed by atoms with Gasteiger partial charge in [-0.15, -0.1) is 0 Å². The van der Waals surface area contributed by atoms with Crippen molar-refractivity contribution in [1.82, 2.24) is 20.0 Å². The van der Waals surface area contributed by atoms with Crippen LogP contribution in [0.3, 0.4) is 0 Å². The first-order valence-corrected chi connectivity index (χ1v) is 9.75. The third kappa shape index (κ3) is 3.61. The van der Waals surface area contributed by atoms with E-state index in [4.69, 9.17) is 0 Å². The Labute approximate surface area is 174 Å². The van der Waals surface area contributed by atoms with Gasteiger partial charge in [-0.2, -0.15) is 5.10 Å². The van der Waals surface area contributed by atoms with Crippen molar-refractivity contribution < 1.29 is 14.4 Å². The molecule has 2 heterocycles. The topological polar surface area (TPSA) is 84.3 Å². The number of nitrogens with one attached hydrogen (secondary N) is 1. The number of hydrogen-bond donors (Lipinski definition) is 1. The fourth-order valence-electron chi connectivity index (χ4n) is 3.70. The zero-order valence-electron chi connectivity index (χ0n) is 16.9. The van der Waals surface area contributed by atoms with Crippen LogP contribution < -0.4 is 5.32 Å². The highest BCUT2D eigenvalue weighted by atomic mass is 16.2. The van der Waals surface area contributed by atoms with E-state index >= 15 is 0 Å². The van der Waals surface area contributed by atoms with Crippen molar-refractivity contribution in [2.24, 2.45) is 0 Å². The van der Waals surface area contributed by atoms with Crippen molar-refractivity contribution in [3.63, 3.8) is 0 Å². The lowest BCUT2D eigenvalue weighted by atomic mass is 9.98. The first kappa shape index (κ1) is 19.6. The van der Waals surface area contributed by atoms with Gasteiger partial charge in [-0.05, 0) is 37.6 Å². The van der Waals surface area contributed by atoms with Gasteiger partial charge in [0.2, 0.25) is 11.8 Å². The molecule has 2 aromatic carbocycles. The van der Waals surface area contributed by atoms with Gasteiger partial charge in [-0.25, -0.2) is 4.68 Å². The molecule has 152 valence electrons. The highest BCUT2D eigenvalue weighted by molar-refractivity contribution is 6.11. The fourth-order valence-corrected chi connectivity index (χ4v) is 3.70. The Morgan fingerprint density at radius 2 is 1.73 bits per heavy atom. The molecule has 0 spiro atoms. The molecule has 0 radical (unpaired) electrons. The van der Waals surface area contributed by atoms with Crippen molar-refractivity contribution in [1.29, 1.82) is 0 Å². The van der Waals surface area contributed by atoms with Gasteiger partial charge >= 0.3 is 0 Å². The quantitative estimate of drug-likeness (QED) is 0.664. The summed E-state index contributed by atoms with van der Waals surface area (Å²) < 4.78 is 1.84. The van der Waals surface area contributed by atoms with Crippen LogP contribution in [0.15, 0.2) is 54.6 Å². The van der Waals surface area contributed by atoms with Crippen molar-refractivity contribution in [3.8, 4) is 5.69 Å². The molecule has 30 heavy (non-hydrogen) atoms. The fraction of sp³-hybridized carbons (Fsp3) is 0.217. The van der Waals surface area contributed by atoms with E-state index in [2.05, 4.69) is 10.4 Å². The van der Waals surface area contributed by atoms with Gasteiger partial charge in [0.15, 0.2) is 0 Å². The van der Waals surface area contributed by atoms with Crippen LogP contribution in [0.25, 0.3) is 5.69 Å². The van der Waals surface area contributed by atoms with Gasteiger partial charge in [-0.3, -0.25) is 19.3 Å². The first-order chi connectivity index (χ1) is 14.5. The summed E-state index contributed by atoms with van der Waals surface area (Å²) in [6, 6.07) is 16.7. The minimum atomic E-state index is -0.429. The van der Waals surface area contributed by atoms with Crippen LogP contribution in [0.5, 0.6) is 0 Å². The van der Waals surface area contributed by atoms with E-state index in [0.717, 1.165) is 27.5 Å². The molecule has 0 unspecified atom stereocenters. The minimum Gasteiger partial charge on any atom is -0.350 e. The Morgan fingerprint density at radius 1 is 1.03 bits per heavy atom. The second kappa shape index (κ2) is 7.94. The Bertz CT molecular complexity index is 1130. The van der Waals surface area contributed by atoms with E-state index in [0.29, 0.717) is 11.1 Å². The number of nitrogens with zero attached hydrogens (tertiary/aromatic N) is 3. The highest BCUT2D eigenvalue weighted by Gasteiger charge is 2.31. The smallest absolute Gasteiger partial charge is 0.261 e. The molecule has 1 aliphatic heterocycles. The lowest BCUT2D eigenvalue weighted by Crippen LogP contribution is -2.47. The van der Waals surface area contributed by atoms with E-state index in [1.807, 2.05) is 48.9 Å². The third-order valence-corrected chi connectivity index (χ3v) is 5.34. The van der Waals surface area contributed by atoms with Crippen LogP contribution in [0.1, 0.15) is 32.9 Å². The molecule has 0 aliphatic carbocycles. The predicted molar refractivity (Wildman–Crippen MR) is 111 cm³/mol. The van der Waals surface area contributed by atoms with E-state index in [9.17, 15) is 14.4 Å². The van der Waals surface area contributed by atoms with E-state index < -0.39 is 5.91 Å². The normalized spacial score (nSPS) is 13.3. The summed E-state index contributed by atoms with van der Waals surface area (Å²) in [4.78, 5) is 38.5. The number of carbonyl (C=O) groups excluding carboxylic acids is 3. The lowest BCUT2D eigenvalue weighted by Gasteiger charge is -2.26. The molecule has 1 N–H and O–H groups in total. The van der Waals surface area contributed by atoms with E-state index in [-0.39, 0.29) is 31.3 Å². The molecule has 1 aliphatic rings. The van der Waals surface area contributed by atoms with Gasteiger partial charge in [0.25, 0.3) is 5.91 Å². The Kier molecular flexibility index (Phi) is 5.18. The second-order valence-electron chi connectivity index (χ2n) is 7.29. The molecule has 0 atom stereocenters. The summed E-state index contributed by atoms with van der Waals surface area (Å²) >= 11 is 0. The summed E-state index contributed by atoms with van der Waals surface area (Å²) in [6.07, 6.45) is 0.122. The first-order valence-electron chi connectivity index (χ1n) is 9.75. The van der Waals surface area contributed by atoms with Crippen LogP contribution in [0, 0.1) is 13.8 Å². The lowest BCUT2D eigenvalue weighted by molar-refractivity contribution is -0.133. The summed E-state index contributed by atoms with van der Waals surface area (Å²) in [5, 5.41) is 7.39. The number of imide groups is 1. The molecule has 1 aromatic heterocycles. The average molecular weight is 402 g/mol. The molecule has 0 saturated heterocycles. The second-order valence-corrected chi connectivity index (χ2v) is 7.29. The molecule has 0 bridgehead atoms. The molecule has 4 rings (SSSR count). The molecular formula is C23H22N4O3. The van der Waals surface area contributed by atoms with Gasteiger partial charge in [0.1, 0.15) is 6.54 Å². The number of aromatic nitrogens is 2. The van der Waals surface area contributed by atoms with Crippen molar-refractivity contribution in [3.05, 3.63) is 82.7 Å². The monoisotopic (exact) mass is 402 g/mol. The average Bonchev–Trinajstić information content (AvgIpc) is 3.03. The molecular weight excluding hydrogens is 380 g/mol. The number of para-hydroxylation sites is 1. The van der Waals surface area contributed by atoms with Gasteiger partial charge in [0, 0.05) is 23.4 Å². The summed E-state index contributed by atoms with van der Waals surface area (Å²) in [5.74, 6) is -1.18. The Balaban J connectivity index is 1.44. The Morgan fingerprint density at radius 3 is 2.50 bits per heavy atom. The summed E-state index contributed by atoms with van der Waals surface area (Å²) in [5.41, 5.74) is 4.77. The number of hydrogen-bond acceptors (Lipinski definition) is 4. The summed E-state index contributed by atoms with van der Waals surface area (Å²) in [6.45, 7) is 3.82. The zero-order valence-corrected chi connectivity index (χ0v) is 16.9. The molecule has 3 aromatic rings. The van der Waals surface area contributed by atoms with Crippen LogP contribution in [0.4, 0.5) is 0 Å². The van der Waals surface area contributed by atoms with Crippen molar-refractivity contribution in [2.75, 3.05) is 6.54 Å². The van der Waals surface area contributed by atoms with Crippen LogP contribution in [-0.4, -0.2) is 38.9 Å². The number of benzene rings is 2. The zero-order chi connectivity index (χ0) is 21.3. The van der Waals surface area contributed by atoms with Crippen LogP contribution in [0.2, 0.25) is 0 Å². The van der Waals surface area contributed by atoms with E-state index in [1.165, 1.54) is 0 Å². The van der Waals surface area contributed by atoms with Crippen LogP contribution >= 0.6 is 0 Å². The number of rotatable bonds is 5. The summed E-state index contributed by atoms with van der Waals surface area (Å²) in [7, 11) is 0. The van der Waals surface area contributed by atoms with Crippen molar-refractivity contribution >= 4 is 17.7 Å².